The molecule has 1 fully saturated rings. The summed E-state index contributed by atoms with van der Waals surface area (Å²) in [6.45, 7) is 0.249. The van der Waals surface area contributed by atoms with Crippen molar-refractivity contribution in [2.45, 2.75) is 38.0 Å². The highest BCUT2D eigenvalue weighted by molar-refractivity contribution is 5.66. The molecule has 0 unspecified atom stereocenters. The predicted octanol–water partition coefficient (Wildman–Crippen LogP) is 3.20. The maximum atomic E-state index is 10.5. The molecule has 1 aromatic rings. The zero-order chi connectivity index (χ0) is 12.1. The minimum Gasteiger partial charge on any atom is -0.493 e. The standard InChI is InChI=1S/C14H18O3/c15-14(16)9-10-17-13-8-4-3-7-12(13)11-5-1-2-6-11/h3-4,7-8,11H,1-2,5-6,9-10H2,(H,15,16). The summed E-state index contributed by atoms with van der Waals surface area (Å²) >= 11 is 0. The maximum absolute atomic E-state index is 10.5. The molecule has 0 aliphatic heterocycles. The van der Waals surface area contributed by atoms with Crippen molar-refractivity contribution in [2.24, 2.45) is 0 Å². The van der Waals surface area contributed by atoms with Crippen LogP contribution in [0.3, 0.4) is 0 Å². The molecule has 17 heavy (non-hydrogen) atoms. The highest BCUT2D eigenvalue weighted by Crippen LogP contribution is 2.38. The van der Waals surface area contributed by atoms with E-state index in [0.717, 1.165) is 5.75 Å². The van der Waals surface area contributed by atoms with E-state index in [4.69, 9.17) is 9.84 Å². The molecule has 3 heteroatoms. The second kappa shape index (κ2) is 5.71. The average molecular weight is 234 g/mol. The van der Waals surface area contributed by atoms with Crippen LogP contribution in [0.4, 0.5) is 0 Å². The summed E-state index contributed by atoms with van der Waals surface area (Å²) in [7, 11) is 0. The summed E-state index contributed by atoms with van der Waals surface area (Å²) in [5, 5.41) is 8.59. The van der Waals surface area contributed by atoms with Gasteiger partial charge in [0.2, 0.25) is 0 Å². The van der Waals surface area contributed by atoms with E-state index in [1.54, 1.807) is 0 Å². The largest absolute Gasteiger partial charge is 0.493 e. The lowest BCUT2D eigenvalue weighted by atomic mass is 9.97. The number of benzene rings is 1. The fourth-order valence-corrected chi connectivity index (χ4v) is 2.43. The monoisotopic (exact) mass is 234 g/mol. The topological polar surface area (TPSA) is 46.5 Å². The fourth-order valence-electron chi connectivity index (χ4n) is 2.43. The Morgan fingerprint density at radius 3 is 2.71 bits per heavy atom. The Bertz CT molecular complexity index is 381. The molecule has 3 nitrogen and oxygen atoms in total. The van der Waals surface area contributed by atoms with Gasteiger partial charge in [0.15, 0.2) is 0 Å². The second-order valence-electron chi connectivity index (χ2n) is 4.51. The van der Waals surface area contributed by atoms with Crippen LogP contribution in [0.5, 0.6) is 5.75 Å². The van der Waals surface area contributed by atoms with Gasteiger partial charge in [-0.25, -0.2) is 0 Å². The van der Waals surface area contributed by atoms with Crippen LogP contribution in [0, 0.1) is 0 Å². The summed E-state index contributed by atoms with van der Waals surface area (Å²) in [6.07, 6.45) is 5.07. The molecule has 1 saturated carbocycles. The molecule has 0 saturated heterocycles. The lowest BCUT2D eigenvalue weighted by molar-refractivity contribution is -0.137. The van der Waals surface area contributed by atoms with E-state index in [0.29, 0.717) is 5.92 Å². The Balaban J connectivity index is 2.02. The highest BCUT2D eigenvalue weighted by Gasteiger charge is 2.20. The zero-order valence-electron chi connectivity index (χ0n) is 9.89. The lowest BCUT2D eigenvalue weighted by Gasteiger charge is -2.15. The molecule has 1 N–H and O–H groups in total. The molecule has 92 valence electrons. The number of carboxylic acids is 1. The number of aliphatic carboxylic acids is 1. The normalized spacial score (nSPS) is 16.0. The highest BCUT2D eigenvalue weighted by atomic mass is 16.5. The van der Waals surface area contributed by atoms with E-state index < -0.39 is 5.97 Å². The SMILES string of the molecule is O=C(O)CCOc1ccccc1C1CCCC1. The molecule has 0 spiro atoms. The quantitative estimate of drug-likeness (QED) is 0.851. The molecule has 0 aromatic heterocycles. The van der Waals surface area contributed by atoms with E-state index >= 15 is 0 Å². The second-order valence-corrected chi connectivity index (χ2v) is 4.51. The molecule has 0 radical (unpaired) electrons. The van der Waals surface area contributed by atoms with Gasteiger partial charge in [0.05, 0.1) is 13.0 Å². The third-order valence-corrected chi connectivity index (χ3v) is 3.29. The van der Waals surface area contributed by atoms with Crippen molar-refractivity contribution >= 4 is 5.97 Å². The van der Waals surface area contributed by atoms with Crippen molar-refractivity contribution in [1.29, 1.82) is 0 Å². The van der Waals surface area contributed by atoms with Crippen LogP contribution in [-0.4, -0.2) is 17.7 Å². The third kappa shape index (κ3) is 3.22. The first kappa shape index (κ1) is 12.0. The zero-order valence-corrected chi connectivity index (χ0v) is 9.89. The number of rotatable bonds is 5. The minimum absolute atomic E-state index is 0.0546. The van der Waals surface area contributed by atoms with E-state index in [-0.39, 0.29) is 13.0 Å². The predicted molar refractivity (Wildman–Crippen MR) is 65.4 cm³/mol. The van der Waals surface area contributed by atoms with Gasteiger partial charge in [-0.3, -0.25) is 4.79 Å². The van der Waals surface area contributed by atoms with Gasteiger partial charge < -0.3 is 9.84 Å². The molecule has 0 bridgehead atoms. The van der Waals surface area contributed by atoms with Gasteiger partial charge in [-0.05, 0) is 30.4 Å². The smallest absolute Gasteiger partial charge is 0.306 e. The molecule has 1 aliphatic carbocycles. The summed E-state index contributed by atoms with van der Waals surface area (Å²) in [4.78, 5) is 10.5. The van der Waals surface area contributed by atoms with Gasteiger partial charge in [0, 0.05) is 0 Å². The number of ether oxygens (including phenoxy) is 1. The molecule has 0 heterocycles. The first-order valence-electron chi connectivity index (χ1n) is 6.21. The maximum Gasteiger partial charge on any atom is 0.306 e. The number of carboxylic acid groups (broad SMARTS) is 1. The Kier molecular flexibility index (Phi) is 4.02. The molecule has 1 aliphatic rings. The van der Waals surface area contributed by atoms with Crippen LogP contribution in [-0.2, 0) is 4.79 Å². The Morgan fingerprint density at radius 2 is 2.00 bits per heavy atom. The Morgan fingerprint density at radius 1 is 1.29 bits per heavy atom. The number of para-hydroxylation sites is 1. The van der Waals surface area contributed by atoms with Crippen molar-refractivity contribution < 1.29 is 14.6 Å². The summed E-state index contributed by atoms with van der Waals surface area (Å²) < 4.78 is 5.58. The van der Waals surface area contributed by atoms with Crippen molar-refractivity contribution in [1.82, 2.24) is 0 Å². The Hall–Kier alpha value is -1.51. The first-order chi connectivity index (χ1) is 8.27. The molecule has 0 amide bonds. The van der Waals surface area contributed by atoms with Crippen LogP contribution in [0.2, 0.25) is 0 Å². The molecule has 1 aromatic carbocycles. The van der Waals surface area contributed by atoms with E-state index in [1.165, 1.54) is 31.2 Å². The van der Waals surface area contributed by atoms with E-state index in [1.807, 2.05) is 18.2 Å². The van der Waals surface area contributed by atoms with Gasteiger partial charge in [-0.15, -0.1) is 0 Å². The molecular formula is C14H18O3. The van der Waals surface area contributed by atoms with Gasteiger partial charge >= 0.3 is 5.97 Å². The summed E-state index contributed by atoms with van der Waals surface area (Å²) in [6, 6.07) is 8.01. The van der Waals surface area contributed by atoms with Gasteiger partial charge in [-0.2, -0.15) is 0 Å². The van der Waals surface area contributed by atoms with Crippen LogP contribution in [0.25, 0.3) is 0 Å². The van der Waals surface area contributed by atoms with Crippen LogP contribution in [0.15, 0.2) is 24.3 Å². The van der Waals surface area contributed by atoms with Gasteiger partial charge in [0.25, 0.3) is 0 Å². The Labute approximate surface area is 101 Å². The first-order valence-corrected chi connectivity index (χ1v) is 6.21. The molecular weight excluding hydrogens is 216 g/mol. The number of hydrogen-bond acceptors (Lipinski definition) is 2. The van der Waals surface area contributed by atoms with Crippen molar-refractivity contribution in [3.05, 3.63) is 29.8 Å². The summed E-state index contributed by atoms with van der Waals surface area (Å²) in [5.74, 6) is 0.639. The molecule has 2 rings (SSSR count). The van der Waals surface area contributed by atoms with Crippen molar-refractivity contribution in [2.75, 3.05) is 6.61 Å². The molecule has 0 atom stereocenters. The fraction of sp³-hybridized carbons (Fsp3) is 0.500. The van der Waals surface area contributed by atoms with Crippen LogP contribution in [0.1, 0.15) is 43.6 Å². The van der Waals surface area contributed by atoms with Crippen LogP contribution >= 0.6 is 0 Å². The minimum atomic E-state index is -0.816. The number of carbonyl (C=O) groups is 1. The van der Waals surface area contributed by atoms with E-state index in [2.05, 4.69) is 6.07 Å². The average Bonchev–Trinajstić information content (AvgIpc) is 2.82. The van der Waals surface area contributed by atoms with Gasteiger partial charge in [-0.1, -0.05) is 31.0 Å². The van der Waals surface area contributed by atoms with Crippen molar-refractivity contribution in [3.8, 4) is 5.75 Å². The third-order valence-electron chi connectivity index (χ3n) is 3.29. The number of hydrogen-bond donors (Lipinski definition) is 1. The van der Waals surface area contributed by atoms with Crippen LogP contribution < -0.4 is 4.74 Å². The van der Waals surface area contributed by atoms with Gasteiger partial charge in [0.1, 0.15) is 5.75 Å². The summed E-state index contributed by atoms with van der Waals surface area (Å²) in [5.41, 5.74) is 1.25. The lowest BCUT2D eigenvalue weighted by Crippen LogP contribution is -2.07. The van der Waals surface area contributed by atoms with Crippen molar-refractivity contribution in [3.63, 3.8) is 0 Å². The van der Waals surface area contributed by atoms with E-state index in [9.17, 15) is 4.79 Å².